The summed E-state index contributed by atoms with van der Waals surface area (Å²) >= 11 is 0. The van der Waals surface area contributed by atoms with Gasteiger partial charge >= 0.3 is 0 Å². The van der Waals surface area contributed by atoms with Crippen LogP contribution in [0, 0.1) is 19.7 Å². The van der Waals surface area contributed by atoms with Gasteiger partial charge in [0.15, 0.2) is 6.29 Å². The SMILES string of the molecule is Cc1cc(-c2[nH]ncc2C=O)cc(C)c1F. The monoisotopic (exact) mass is 218 g/mol. The van der Waals surface area contributed by atoms with Crippen LogP contribution in [0.1, 0.15) is 21.5 Å². The summed E-state index contributed by atoms with van der Waals surface area (Å²) < 4.78 is 13.4. The number of aldehydes is 1. The Labute approximate surface area is 92.3 Å². The lowest BCUT2D eigenvalue weighted by Gasteiger charge is -2.05. The van der Waals surface area contributed by atoms with Crippen LogP contribution in [-0.4, -0.2) is 16.5 Å². The Hall–Kier alpha value is -1.97. The molecule has 0 aliphatic rings. The molecule has 16 heavy (non-hydrogen) atoms. The number of benzene rings is 1. The van der Waals surface area contributed by atoms with E-state index in [4.69, 9.17) is 0 Å². The molecule has 0 bridgehead atoms. The molecule has 0 radical (unpaired) electrons. The van der Waals surface area contributed by atoms with Gasteiger partial charge in [-0.1, -0.05) is 0 Å². The maximum absolute atomic E-state index is 13.4. The first-order valence-corrected chi connectivity index (χ1v) is 4.89. The van der Waals surface area contributed by atoms with Crippen molar-refractivity contribution in [1.82, 2.24) is 10.2 Å². The molecule has 1 heterocycles. The molecule has 0 saturated carbocycles. The fourth-order valence-electron chi connectivity index (χ4n) is 1.71. The van der Waals surface area contributed by atoms with E-state index in [1.165, 1.54) is 6.20 Å². The van der Waals surface area contributed by atoms with Gasteiger partial charge in [0.25, 0.3) is 0 Å². The summed E-state index contributed by atoms with van der Waals surface area (Å²) in [5.74, 6) is -0.212. The number of H-pyrrole nitrogens is 1. The van der Waals surface area contributed by atoms with Crippen molar-refractivity contribution >= 4 is 6.29 Å². The number of carbonyl (C=O) groups is 1. The topological polar surface area (TPSA) is 45.8 Å². The van der Waals surface area contributed by atoms with Gasteiger partial charge in [0.2, 0.25) is 0 Å². The molecule has 2 rings (SSSR count). The van der Waals surface area contributed by atoms with Crippen LogP contribution in [0.3, 0.4) is 0 Å². The molecule has 0 atom stereocenters. The van der Waals surface area contributed by atoms with Crippen LogP contribution in [0.25, 0.3) is 11.3 Å². The Balaban J connectivity index is 2.61. The molecule has 4 heteroatoms. The molecule has 0 aliphatic carbocycles. The molecule has 0 aliphatic heterocycles. The van der Waals surface area contributed by atoms with Gasteiger partial charge < -0.3 is 0 Å². The third kappa shape index (κ3) is 1.62. The number of hydrogen-bond acceptors (Lipinski definition) is 2. The van der Waals surface area contributed by atoms with E-state index in [2.05, 4.69) is 10.2 Å². The summed E-state index contributed by atoms with van der Waals surface area (Å²) in [6.45, 7) is 3.39. The van der Waals surface area contributed by atoms with Crippen molar-refractivity contribution in [3.05, 3.63) is 40.8 Å². The van der Waals surface area contributed by atoms with Crippen molar-refractivity contribution in [3.63, 3.8) is 0 Å². The Kier molecular flexibility index (Phi) is 2.56. The average molecular weight is 218 g/mol. The van der Waals surface area contributed by atoms with Crippen molar-refractivity contribution in [2.45, 2.75) is 13.8 Å². The zero-order valence-corrected chi connectivity index (χ0v) is 9.04. The van der Waals surface area contributed by atoms with Crippen molar-refractivity contribution in [2.75, 3.05) is 0 Å². The van der Waals surface area contributed by atoms with Crippen molar-refractivity contribution in [1.29, 1.82) is 0 Å². The Morgan fingerprint density at radius 3 is 2.50 bits per heavy atom. The van der Waals surface area contributed by atoms with Crippen LogP contribution in [0.4, 0.5) is 4.39 Å². The quantitative estimate of drug-likeness (QED) is 0.787. The summed E-state index contributed by atoms with van der Waals surface area (Å²) in [5.41, 5.74) is 2.99. The van der Waals surface area contributed by atoms with E-state index in [-0.39, 0.29) is 5.82 Å². The Morgan fingerprint density at radius 1 is 1.31 bits per heavy atom. The minimum atomic E-state index is -0.212. The number of aryl methyl sites for hydroxylation is 2. The van der Waals surface area contributed by atoms with Gasteiger partial charge in [0, 0.05) is 5.56 Å². The van der Waals surface area contributed by atoms with E-state index in [1.54, 1.807) is 26.0 Å². The average Bonchev–Trinajstić information content (AvgIpc) is 2.73. The molecule has 1 aromatic heterocycles. The molecule has 0 unspecified atom stereocenters. The largest absolute Gasteiger partial charge is 0.298 e. The second-order valence-electron chi connectivity index (χ2n) is 3.74. The predicted octanol–water partition coefficient (Wildman–Crippen LogP) is 2.65. The van der Waals surface area contributed by atoms with E-state index >= 15 is 0 Å². The van der Waals surface area contributed by atoms with Gasteiger partial charge in [-0.05, 0) is 37.1 Å². The summed E-state index contributed by atoms with van der Waals surface area (Å²) in [6, 6.07) is 3.39. The summed E-state index contributed by atoms with van der Waals surface area (Å²) in [7, 11) is 0. The van der Waals surface area contributed by atoms with Crippen molar-refractivity contribution in [3.8, 4) is 11.3 Å². The molecule has 0 fully saturated rings. The molecule has 2 aromatic rings. The molecule has 3 nitrogen and oxygen atoms in total. The van der Waals surface area contributed by atoms with Gasteiger partial charge in [-0.2, -0.15) is 5.10 Å². The second kappa shape index (κ2) is 3.89. The van der Waals surface area contributed by atoms with E-state index in [0.717, 1.165) is 11.8 Å². The Morgan fingerprint density at radius 2 is 1.94 bits per heavy atom. The number of nitrogens with zero attached hydrogens (tertiary/aromatic N) is 1. The normalized spacial score (nSPS) is 10.4. The minimum Gasteiger partial charge on any atom is -0.298 e. The molecular weight excluding hydrogens is 207 g/mol. The number of aromatic amines is 1. The van der Waals surface area contributed by atoms with Crippen LogP contribution < -0.4 is 0 Å². The highest BCUT2D eigenvalue weighted by Gasteiger charge is 2.10. The first-order valence-electron chi connectivity index (χ1n) is 4.89. The number of rotatable bonds is 2. The lowest BCUT2D eigenvalue weighted by molar-refractivity contribution is 0.112. The van der Waals surface area contributed by atoms with E-state index in [9.17, 15) is 9.18 Å². The maximum atomic E-state index is 13.4. The highest BCUT2D eigenvalue weighted by molar-refractivity contribution is 5.85. The lowest BCUT2D eigenvalue weighted by atomic mass is 10.0. The molecule has 0 saturated heterocycles. The smallest absolute Gasteiger partial charge is 0.153 e. The summed E-state index contributed by atoms with van der Waals surface area (Å²) in [5, 5.41) is 6.54. The van der Waals surface area contributed by atoms with Gasteiger partial charge in [-0.3, -0.25) is 9.89 Å². The zero-order chi connectivity index (χ0) is 11.7. The van der Waals surface area contributed by atoms with E-state index in [1.807, 2.05) is 0 Å². The molecule has 0 amide bonds. The third-order valence-corrected chi connectivity index (χ3v) is 2.52. The standard InChI is InChI=1S/C12H11FN2O/c1-7-3-9(4-8(2)11(7)13)12-10(6-16)5-14-15-12/h3-6H,1-2H3,(H,14,15). The van der Waals surface area contributed by atoms with Gasteiger partial charge in [0.1, 0.15) is 5.82 Å². The summed E-state index contributed by atoms with van der Waals surface area (Å²) in [6.07, 6.45) is 2.18. The van der Waals surface area contributed by atoms with Crippen LogP contribution in [0.2, 0.25) is 0 Å². The molecule has 1 N–H and O–H groups in total. The second-order valence-corrected chi connectivity index (χ2v) is 3.74. The third-order valence-electron chi connectivity index (χ3n) is 2.52. The van der Waals surface area contributed by atoms with Crippen LogP contribution in [0.5, 0.6) is 0 Å². The highest BCUT2D eigenvalue weighted by atomic mass is 19.1. The molecule has 1 aromatic carbocycles. The van der Waals surface area contributed by atoms with Crippen LogP contribution >= 0.6 is 0 Å². The minimum absolute atomic E-state index is 0.212. The fourth-order valence-corrected chi connectivity index (χ4v) is 1.71. The van der Waals surface area contributed by atoms with Crippen LogP contribution in [0.15, 0.2) is 18.3 Å². The van der Waals surface area contributed by atoms with E-state index in [0.29, 0.717) is 22.4 Å². The molecular formula is C12H11FN2O. The molecule has 82 valence electrons. The number of aromatic nitrogens is 2. The number of nitrogens with one attached hydrogen (secondary N) is 1. The first-order chi connectivity index (χ1) is 7.63. The zero-order valence-electron chi connectivity index (χ0n) is 9.04. The maximum Gasteiger partial charge on any atom is 0.153 e. The van der Waals surface area contributed by atoms with Gasteiger partial charge in [0.05, 0.1) is 17.5 Å². The Bertz CT molecular complexity index is 523. The lowest BCUT2D eigenvalue weighted by Crippen LogP contribution is -1.91. The fraction of sp³-hybridized carbons (Fsp3) is 0.167. The number of carbonyl (C=O) groups excluding carboxylic acids is 1. The summed E-state index contributed by atoms with van der Waals surface area (Å²) in [4.78, 5) is 10.8. The van der Waals surface area contributed by atoms with Crippen molar-refractivity contribution < 1.29 is 9.18 Å². The van der Waals surface area contributed by atoms with Gasteiger partial charge in [-0.15, -0.1) is 0 Å². The van der Waals surface area contributed by atoms with E-state index < -0.39 is 0 Å². The first kappa shape index (κ1) is 10.5. The van der Waals surface area contributed by atoms with Crippen LogP contribution in [-0.2, 0) is 0 Å². The van der Waals surface area contributed by atoms with Gasteiger partial charge in [-0.25, -0.2) is 4.39 Å². The predicted molar refractivity (Wildman–Crippen MR) is 58.8 cm³/mol. The van der Waals surface area contributed by atoms with Crippen molar-refractivity contribution in [2.24, 2.45) is 0 Å². The highest BCUT2D eigenvalue weighted by Crippen LogP contribution is 2.24. The molecule has 0 spiro atoms. The number of halogens is 1. The number of hydrogen-bond donors (Lipinski definition) is 1.